The minimum absolute atomic E-state index is 0.0512. The van der Waals surface area contributed by atoms with Crippen LogP contribution in [0.2, 0.25) is 5.15 Å². The van der Waals surface area contributed by atoms with Crippen LogP contribution in [0.1, 0.15) is 16.1 Å². The zero-order chi connectivity index (χ0) is 20.1. The number of aromatic nitrogens is 2. The molecule has 3 N–H and O–H groups in total. The number of nitrogens with two attached hydrogens (primary N) is 1. The molecule has 0 bridgehead atoms. The van der Waals surface area contributed by atoms with Crippen molar-refractivity contribution in [3.8, 4) is 11.3 Å². The van der Waals surface area contributed by atoms with Gasteiger partial charge < -0.3 is 15.6 Å². The Morgan fingerprint density at radius 3 is 2.46 bits per heavy atom. The lowest BCUT2D eigenvalue weighted by atomic mass is 10.0. The van der Waals surface area contributed by atoms with E-state index in [0.29, 0.717) is 5.69 Å². The smallest absolute Gasteiger partial charge is 0.291 e. The molecule has 0 fully saturated rings. The first-order valence-electron chi connectivity index (χ1n) is 8.22. The summed E-state index contributed by atoms with van der Waals surface area (Å²) in [6.45, 7) is 0. The standard InChI is InChI=1S/C19H15ClN4O4/c20-17-14(12-8-4-5-9-22-12)16(28-24-17)19(27)23-13(15(25)18(21)26)10-11-6-2-1-3-7-11/h1-9,13H,10H2,(H2,21,26)(H,23,27). The summed E-state index contributed by atoms with van der Waals surface area (Å²) in [7, 11) is 0. The van der Waals surface area contributed by atoms with Crippen molar-refractivity contribution >= 4 is 29.2 Å². The van der Waals surface area contributed by atoms with Gasteiger partial charge in [0.05, 0.1) is 11.3 Å². The van der Waals surface area contributed by atoms with Gasteiger partial charge >= 0.3 is 0 Å². The van der Waals surface area contributed by atoms with Crippen LogP contribution in [-0.2, 0) is 16.0 Å². The second-order valence-electron chi connectivity index (χ2n) is 5.84. The van der Waals surface area contributed by atoms with E-state index >= 15 is 0 Å². The SMILES string of the molecule is NC(=O)C(=O)C(Cc1ccccc1)NC(=O)c1onc(Cl)c1-c1ccccn1. The van der Waals surface area contributed by atoms with Crippen molar-refractivity contribution < 1.29 is 18.9 Å². The number of carbonyl (C=O) groups is 3. The summed E-state index contributed by atoms with van der Waals surface area (Å²) in [5.74, 6) is -3.07. The highest BCUT2D eigenvalue weighted by Gasteiger charge is 2.30. The van der Waals surface area contributed by atoms with Crippen LogP contribution in [0.5, 0.6) is 0 Å². The van der Waals surface area contributed by atoms with Gasteiger partial charge in [0.2, 0.25) is 11.5 Å². The first kappa shape index (κ1) is 19.2. The van der Waals surface area contributed by atoms with Crippen LogP contribution in [-0.4, -0.2) is 33.8 Å². The van der Waals surface area contributed by atoms with Gasteiger partial charge in [-0.2, -0.15) is 0 Å². The summed E-state index contributed by atoms with van der Waals surface area (Å²) < 4.78 is 5.04. The van der Waals surface area contributed by atoms with Gasteiger partial charge in [0, 0.05) is 12.6 Å². The lowest BCUT2D eigenvalue weighted by Crippen LogP contribution is -2.47. The number of pyridine rings is 1. The third-order valence-corrected chi connectivity index (χ3v) is 4.18. The summed E-state index contributed by atoms with van der Waals surface area (Å²) >= 11 is 6.04. The number of hydrogen-bond acceptors (Lipinski definition) is 6. The highest BCUT2D eigenvalue weighted by Crippen LogP contribution is 2.29. The first-order chi connectivity index (χ1) is 13.5. The maximum Gasteiger partial charge on any atom is 0.291 e. The minimum atomic E-state index is -1.17. The molecule has 3 rings (SSSR count). The van der Waals surface area contributed by atoms with Crippen molar-refractivity contribution in [1.82, 2.24) is 15.5 Å². The molecule has 1 unspecified atom stereocenters. The first-order valence-corrected chi connectivity index (χ1v) is 8.60. The molecule has 3 aromatic rings. The number of nitrogens with one attached hydrogen (secondary N) is 1. The van der Waals surface area contributed by atoms with Crippen LogP contribution in [0.25, 0.3) is 11.3 Å². The zero-order valence-electron chi connectivity index (χ0n) is 14.5. The van der Waals surface area contributed by atoms with Crippen LogP contribution >= 0.6 is 11.6 Å². The average molecular weight is 399 g/mol. The van der Waals surface area contributed by atoms with Gasteiger partial charge in [0.25, 0.3) is 11.8 Å². The molecule has 2 heterocycles. The van der Waals surface area contributed by atoms with E-state index in [1.54, 1.807) is 42.5 Å². The number of ketones is 1. The fourth-order valence-corrected chi connectivity index (χ4v) is 2.83. The molecule has 2 aromatic heterocycles. The van der Waals surface area contributed by atoms with Gasteiger partial charge in [0.1, 0.15) is 6.04 Å². The van der Waals surface area contributed by atoms with E-state index in [9.17, 15) is 14.4 Å². The Balaban J connectivity index is 1.89. The zero-order valence-corrected chi connectivity index (χ0v) is 15.2. The van der Waals surface area contributed by atoms with Crippen molar-refractivity contribution in [2.24, 2.45) is 5.73 Å². The van der Waals surface area contributed by atoms with Gasteiger partial charge in [-0.1, -0.05) is 53.2 Å². The van der Waals surface area contributed by atoms with Crippen LogP contribution < -0.4 is 11.1 Å². The summed E-state index contributed by atoms with van der Waals surface area (Å²) in [6.07, 6.45) is 1.60. The second-order valence-corrected chi connectivity index (χ2v) is 6.19. The van der Waals surface area contributed by atoms with Crippen LogP contribution in [0.15, 0.2) is 59.3 Å². The number of primary amides is 1. The Bertz CT molecular complexity index is 1010. The van der Waals surface area contributed by atoms with Crippen LogP contribution in [0.3, 0.4) is 0 Å². The molecule has 0 aliphatic carbocycles. The predicted molar refractivity (Wildman–Crippen MR) is 100 cm³/mol. The largest absolute Gasteiger partial charge is 0.363 e. The Kier molecular flexibility index (Phi) is 5.81. The predicted octanol–water partition coefficient (Wildman–Crippen LogP) is 1.79. The lowest BCUT2D eigenvalue weighted by Gasteiger charge is -2.15. The molecule has 1 aromatic carbocycles. The normalized spacial score (nSPS) is 11.6. The van der Waals surface area contributed by atoms with Gasteiger partial charge in [-0.15, -0.1) is 0 Å². The summed E-state index contributed by atoms with van der Waals surface area (Å²) in [4.78, 5) is 40.5. The number of benzene rings is 1. The fraction of sp³-hybridized carbons (Fsp3) is 0.105. The molecule has 0 aliphatic heterocycles. The second kappa shape index (κ2) is 8.45. The summed E-state index contributed by atoms with van der Waals surface area (Å²) in [6, 6.07) is 12.8. The molecule has 142 valence electrons. The topological polar surface area (TPSA) is 128 Å². The quantitative estimate of drug-likeness (QED) is 0.584. The molecule has 9 heteroatoms. The van der Waals surface area contributed by atoms with Crippen molar-refractivity contribution in [2.75, 3.05) is 0 Å². The highest BCUT2D eigenvalue weighted by molar-refractivity contribution is 6.38. The molecule has 0 aliphatic rings. The molecule has 2 amide bonds. The van der Waals surface area contributed by atoms with Gasteiger partial charge in [-0.3, -0.25) is 19.4 Å². The molecule has 0 radical (unpaired) electrons. The van der Waals surface area contributed by atoms with Gasteiger partial charge in [-0.25, -0.2) is 0 Å². The van der Waals surface area contributed by atoms with E-state index < -0.39 is 23.6 Å². The van der Waals surface area contributed by atoms with Crippen molar-refractivity contribution in [3.63, 3.8) is 0 Å². The van der Waals surface area contributed by atoms with Crippen molar-refractivity contribution in [2.45, 2.75) is 12.5 Å². The molecule has 0 saturated carbocycles. The van der Waals surface area contributed by atoms with Crippen LogP contribution in [0, 0.1) is 0 Å². The van der Waals surface area contributed by atoms with E-state index in [4.69, 9.17) is 21.9 Å². The summed E-state index contributed by atoms with van der Waals surface area (Å²) in [5, 5.41) is 6.02. The molecule has 0 saturated heterocycles. The van der Waals surface area contributed by atoms with Gasteiger partial charge in [0.15, 0.2) is 5.15 Å². The minimum Gasteiger partial charge on any atom is -0.363 e. The Labute approximate surface area is 164 Å². The van der Waals surface area contributed by atoms with Gasteiger partial charge in [-0.05, 0) is 17.7 Å². The maximum absolute atomic E-state index is 12.7. The third-order valence-electron chi connectivity index (χ3n) is 3.93. The molecule has 1 atom stereocenters. The molecule has 8 nitrogen and oxygen atoms in total. The monoisotopic (exact) mass is 398 g/mol. The number of carbonyl (C=O) groups excluding carboxylic acids is 3. The van der Waals surface area contributed by atoms with Crippen molar-refractivity contribution in [1.29, 1.82) is 0 Å². The van der Waals surface area contributed by atoms with Crippen LogP contribution in [0.4, 0.5) is 0 Å². The van der Waals surface area contributed by atoms with E-state index in [2.05, 4.69) is 15.5 Å². The molecular formula is C19H15ClN4O4. The van der Waals surface area contributed by atoms with Crippen molar-refractivity contribution in [3.05, 3.63) is 71.2 Å². The Morgan fingerprint density at radius 2 is 1.82 bits per heavy atom. The van der Waals surface area contributed by atoms with E-state index in [1.807, 2.05) is 6.07 Å². The summed E-state index contributed by atoms with van der Waals surface area (Å²) in [5.41, 5.74) is 6.42. The number of nitrogens with zero attached hydrogens (tertiary/aromatic N) is 2. The number of Topliss-reactive ketones (excluding diaryl/α,β-unsaturated/α-hetero) is 1. The fourth-order valence-electron chi connectivity index (χ4n) is 2.61. The highest BCUT2D eigenvalue weighted by atomic mass is 35.5. The number of hydrogen-bond donors (Lipinski definition) is 2. The molecule has 0 spiro atoms. The third kappa shape index (κ3) is 4.24. The number of halogens is 1. The van der Waals surface area contributed by atoms with E-state index in [0.717, 1.165) is 5.56 Å². The van der Waals surface area contributed by atoms with E-state index in [-0.39, 0.29) is 22.9 Å². The maximum atomic E-state index is 12.7. The average Bonchev–Trinajstić information content (AvgIpc) is 3.09. The number of amides is 2. The van der Waals surface area contributed by atoms with E-state index in [1.165, 1.54) is 6.20 Å². The molecular weight excluding hydrogens is 384 g/mol. The number of rotatable bonds is 7. The lowest BCUT2D eigenvalue weighted by molar-refractivity contribution is -0.137. The Morgan fingerprint density at radius 1 is 1.11 bits per heavy atom. The molecule has 28 heavy (non-hydrogen) atoms. The Hall–Kier alpha value is -3.52.